The van der Waals surface area contributed by atoms with Crippen LogP contribution in [-0.4, -0.2) is 45.7 Å². The summed E-state index contributed by atoms with van der Waals surface area (Å²) in [6.07, 6.45) is 3.11. The molecule has 0 atom stereocenters. The summed E-state index contributed by atoms with van der Waals surface area (Å²) >= 11 is 0. The fourth-order valence-electron chi connectivity index (χ4n) is 5.94. The number of nitrogens with zero attached hydrogens (tertiary/aromatic N) is 9. The first-order valence-electron chi connectivity index (χ1n) is 16.3. The van der Waals surface area contributed by atoms with E-state index >= 15 is 0 Å². The molecule has 2 aliphatic heterocycles. The zero-order chi connectivity index (χ0) is 38.7. The Labute approximate surface area is 329 Å². The van der Waals surface area contributed by atoms with Crippen LogP contribution < -0.4 is 36.3 Å². The van der Waals surface area contributed by atoms with Gasteiger partial charge >= 0.3 is 6.18 Å². The van der Waals surface area contributed by atoms with Crippen molar-refractivity contribution in [1.29, 1.82) is 5.26 Å². The van der Waals surface area contributed by atoms with Gasteiger partial charge in [-0.05, 0) is 65.7 Å². The van der Waals surface area contributed by atoms with Gasteiger partial charge in [-0.3, -0.25) is 8.78 Å². The minimum absolute atomic E-state index is 0. The molecule has 0 bridgehead atoms. The molecule has 0 saturated heterocycles. The SMILES string of the molecule is CN1C=CN(c2[c-]c(N3C=CN(C)[CH-]3)cc(C#N)c2)[CH-]1.Cc1cc(C)c(B(c2cccc(Oc3[c-]cc(F)nc3F)n2)c2cc(C(F)(F)F)n[n-]2)c(C)c1.[Ir]. The molecule has 2 aromatic carbocycles. The van der Waals surface area contributed by atoms with E-state index in [-0.39, 0.29) is 31.6 Å². The minimum atomic E-state index is -4.66. The average Bonchev–Trinajstić information content (AvgIpc) is 3.89. The third-order valence-electron chi connectivity index (χ3n) is 8.20. The predicted octanol–water partition coefficient (Wildman–Crippen LogP) is 5.20. The van der Waals surface area contributed by atoms with E-state index < -0.39 is 36.2 Å². The van der Waals surface area contributed by atoms with Crippen molar-refractivity contribution >= 4 is 34.7 Å². The van der Waals surface area contributed by atoms with Crippen LogP contribution in [0.2, 0.25) is 0 Å². The van der Waals surface area contributed by atoms with Gasteiger partial charge in [0.2, 0.25) is 12.6 Å². The van der Waals surface area contributed by atoms with E-state index in [9.17, 15) is 27.2 Å². The monoisotopic (exact) mass is 927 g/mol. The molecule has 0 spiro atoms. The summed E-state index contributed by atoms with van der Waals surface area (Å²) in [6, 6.07) is 21.6. The van der Waals surface area contributed by atoms with Gasteiger partial charge in [0.25, 0.3) is 0 Å². The molecular formula is C38H30BF5IrN9O-5. The van der Waals surface area contributed by atoms with Gasteiger partial charge in [0.05, 0.1) is 17.8 Å². The Hall–Kier alpha value is -5.72. The molecule has 10 nitrogen and oxygen atoms in total. The predicted molar refractivity (Wildman–Crippen MR) is 193 cm³/mol. The van der Waals surface area contributed by atoms with E-state index in [1.807, 2.05) is 117 Å². The topological polar surface area (TPSA) is 98.8 Å². The van der Waals surface area contributed by atoms with E-state index in [4.69, 9.17) is 4.74 Å². The molecule has 3 aromatic heterocycles. The number of anilines is 2. The second-order valence-electron chi connectivity index (χ2n) is 12.5. The summed E-state index contributed by atoms with van der Waals surface area (Å²) in [7, 11) is 3.91. The number of hydrogen-bond donors (Lipinski definition) is 0. The number of alkyl halides is 3. The molecule has 0 fully saturated rings. The standard InChI is InChI=1S/C23H16BF5N4O.C15H14N5.Ir/c1-12-9-13(2)21(14(3)10-12)24(18-11-16(32-33-18)23(27,28)29)17-5-4-6-20(30-17)34-15-7-8-19(25)31-22(15)26;1-17-3-5-19(11-17)14-7-13(10-16)8-15(9-14)20-6-4-18(2)12-20;/h4-6,8-11H,1-3H3;3-8,11-12H,1-2H3;/q-2;-3;. The Kier molecular flexibility index (Phi) is 12.3. The zero-order valence-corrected chi connectivity index (χ0v) is 32.3. The van der Waals surface area contributed by atoms with E-state index in [1.165, 1.54) is 6.07 Å². The number of aryl methyl sites for hydroxylation is 3. The molecule has 1 radical (unpaired) electrons. The summed E-state index contributed by atoms with van der Waals surface area (Å²) < 4.78 is 72.1. The quantitative estimate of drug-likeness (QED) is 0.0939. The number of benzene rings is 2. The maximum Gasteiger partial charge on any atom is 0.431 e. The van der Waals surface area contributed by atoms with Crippen LogP contribution in [0.5, 0.6) is 11.6 Å². The molecule has 55 heavy (non-hydrogen) atoms. The van der Waals surface area contributed by atoms with Crippen LogP contribution in [0.1, 0.15) is 27.9 Å². The van der Waals surface area contributed by atoms with Gasteiger partial charge in [-0.1, -0.05) is 52.0 Å². The molecule has 5 heterocycles. The second kappa shape index (κ2) is 16.7. The van der Waals surface area contributed by atoms with E-state index in [2.05, 4.69) is 38.4 Å². The van der Waals surface area contributed by atoms with Crippen molar-refractivity contribution in [2.24, 2.45) is 0 Å². The van der Waals surface area contributed by atoms with Crippen LogP contribution in [0, 0.1) is 69.5 Å². The summed E-state index contributed by atoms with van der Waals surface area (Å²) in [6.45, 7) is 8.67. The average molecular weight is 927 g/mol. The molecule has 285 valence electrons. The number of rotatable bonds is 7. The Morgan fingerprint density at radius 3 is 2.02 bits per heavy atom. The molecular weight excluding hydrogens is 896 g/mol. The van der Waals surface area contributed by atoms with Gasteiger partial charge in [-0.2, -0.15) is 37.4 Å². The van der Waals surface area contributed by atoms with E-state index in [0.29, 0.717) is 16.6 Å². The Morgan fingerprint density at radius 2 is 1.51 bits per heavy atom. The van der Waals surface area contributed by atoms with Crippen LogP contribution in [0.25, 0.3) is 0 Å². The van der Waals surface area contributed by atoms with Crippen molar-refractivity contribution in [3.05, 3.63) is 145 Å². The van der Waals surface area contributed by atoms with Crippen LogP contribution in [0.3, 0.4) is 0 Å². The van der Waals surface area contributed by atoms with Gasteiger partial charge in [-0.25, -0.2) is 4.98 Å². The van der Waals surface area contributed by atoms with Crippen molar-refractivity contribution in [1.82, 2.24) is 30.0 Å². The smallest absolute Gasteiger partial charge is 0.431 e. The molecule has 0 unspecified atom stereocenters. The van der Waals surface area contributed by atoms with Crippen LogP contribution in [0.4, 0.5) is 33.3 Å². The van der Waals surface area contributed by atoms with Gasteiger partial charge in [0, 0.05) is 31.8 Å². The second-order valence-corrected chi connectivity index (χ2v) is 12.5. The first-order chi connectivity index (χ1) is 25.7. The summed E-state index contributed by atoms with van der Waals surface area (Å²) in [4.78, 5) is 15.2. The number of pyridine rings is 2. The molecule has 0 amide bonds. The Balaban J connectivity index is 0.000000235. The Bertz CT molecular complexity index is 2210. The van der Waals surface area contributed by atoms with Crippen LogP contribution in [-0.2, 0) is 26.3 Å². The third kappa shape index (κ3) is 9.51. The first kappa shape index (κ1) is 40.5. The number of ether oxygens (including phenoxy) is 1. The molecule has 0 saturated carbocycles. The number of halogens is 5. The molecule has 0 N–H and O–H groups in total. The maximum atomic E-state index is 13.9. The van der Waals surface area contributed by atoms with Crippen molar-refractivity contribution in [2.45, 2.75) is 26.9 Å². The third-order valence-corrected chi connectivity index (χ3v) is 8.20. The fourth-order valence-corrected chi connectivity index (χ4v) is 5.94. The number of aromatic nitrogens is 4. The van der Waals surface area contributed by atoms with Crippen molar-refractivity contribution in [3.8, 4) is 17.7 Å². The fraction of sp³-hybridized carbons (Fsp3) is 0.158. The minimum Gasteiger partial charge on any atom is -0.585 e. The molecule has 5 aromatic rings. The number of nitriles is 1. The van der Waals surface area contributed by atoms with Gasteiger partial charge in [0.1, 0.15) is 11.6 Å². The van der Waals surface area contributed by atoms with Gasteiger partial charge in [0.15, 0.2) is 0 Å². The van der Waals surface area contributed by atoms with Gasteiger partial charge < -0.3 is 39.5 Å². The van der Waals surface area contributed by atoms with Crippen molar-refractivity contribution in [2.75, 3.05) is 23.9 Å². The Morgan fingerprint density at radius 1 is 0.891 bits per heavy atom. The molecule has 2 aliphatic rings. The summed E-state index contributed by atoms with van der Waals surface area (Å²) in [5.41, 5.74) is 4.89. The van der Waals surface area contributed by atoms with Crippen molar-refractivity contribution in [3.63, 3.8) is 0 Å². The normalized spacial score (nSPS) is 13.4. The molecule has 0 aliphatic carbocycles. The van der Waals surface area contributed by atoms with Crippen LogP contribution >= 0.6 is 0 Å². The summed E-state index contributed by atoms with van der Waals surface area (Å²) in [5, 5.41) is 16.3. The number of hydrogen-bond acceptors (Lipinski definition) is 9. The maximum absolute atomic E-state index is 13.9. The van der Waals surface area contributed by atoms with Crippen LogP contribution in [0.15, 0.2) is 79.4 Å². The van der Waals surface area contributed by atoms with Gasteiger partial charge in [-0.15, -0.1) is 41.7 Å². The van der Waals surface area contributed by atoms with E-state index in [0.717, 1.165) is 40.2 Å². The first-order valence-corrected chi connectivity index (χ1v) is 16.3. The summed E-state index contributed by atoms with van der Waals surface area (Å²) in [5.74, 6) is -2.83. The van der Waals surface area contributed by atoms with Crippen molar-refractivity contribution < 1.29 is 46.8 Å². The molecule has 17 heteroatoms. The zero-order valence-electron chi connectivity index (χ0n) is 29.9. The largest absolute Gasteiger partial charge is 0.585 e. The van der Waals surface area contributed by atoms with E-state index in [1.54, 1.807) is 12.1 Å². The molecule has 7 rings (SSSR count).